The third kappa shape index (κ3) is 2.31. The van der Waals surface area contributed by atoms with Crippen molar-refractivity contribution in [2.45, 2.75) is 19.1 Å². The molecule has 0 spiro atoms. The van der Waals surface area contributed by atoms with Gasteiger partial charge in [0.2, 0.25) is 0 Å². The predicted octanol–water partition coefficient (Wildman–Crippen LogP) is -0.287. The molecule has 1 aliphatic rings. The second-order valence-corrected chi connectivity index (χ2v) is 4.62. The molecule has 0 aromatic rings. The number of carbonyl (C=O) groups is 1. The van der Waals surface area contributed by atoms with Crippen LogP contribution in [0.2, 0.25) is 0 Å². The fourth-order valence-corrected chi connectivity index (χ4v) is 1.83. The summed E-state index contributed by atoms with van der Waals surface area (Å²) < 4.78 is 26.0. The molecule has 6 nitrogen and oxygen atoms in total. The van der Waals surface area contributed by atoms with E-state index >= 15 is 0 Å². The lowest BCUT2D eigenvalue weighted by molar-refractivity contribution is -0.0187. The molecule has 0 bridgehead atoms. The van der Waals surface area contributed by atoms with Crippen molar-refractivity contribution in [3.63, 3.8) is 0 Å². The summed E-state index contributed by atoms with van der Waals surface area (Å²) in [4.78, 5) is 11.5. The Balaban J connectivity index is 2.49. The molecule has 1 aliphatic heterocycles. The SMILES string of the molecule is C[C@@H]1[C@H](OS(C)(=O)=O)CN1C(=O)O. The highest BCUT2D eigenvalue weighted by Gasteiger charge is 2.41. The van der Waals surface area contributed by atoms with Gasteiger partial charge in [0.05, 0.1) is 18.8 Å². The molecule has 0 aromatic carbocycles. The van der Waals surface area contributed by atoms with Crippen molar-refractivity contribution in [3.05, 3.63) is 0 Å². The zero-order chi connectivity index (χ0) is 10.2. The summed E-state index contributed by atoms with van der Waals surface area (Å²) in [6.45, 7) is 1.72. The molecule has 1 amide bonds. The van der Waals surface area contributed by atoms with E-state index in [4.69, 9.17) is 5.11 Å². The van der Waals surface area contributed by atoms with Crippen molar-refractivity contribution < 1.29 is 22.5 Å². The lowest BCUT2D eigenvalue weighted by Gasteiger charge is -2.42. The summed E-state index contributed by atoms with van der Waals surface area (Å²) in [5.41, 5.74) is 0. The third-order valence-corrected chi connectivity index (χ3v) is 2.55. The van der Waals surface area contributed by atoms with Gasteiger partial charge in [-0.3, -0.25) is 4.18 Å². The summed E-state index contributed by atoms with van der Waals surface area (Å²) in [5.74, 6) is 0. The van der Waals surface area contributed by atoms with Crippen LogP contribution in [0.15, 0.2) is 0 Å². The standard InChI is InChI=1S/C6H11NO5S/c1-4-5(12-13(2,10)11)3-7(4)6(8)9/h4-5H,3H2,1-2H3,(H,8,9)/t4-,5-/m1/s1. The normalized spacial score (nSPS) is 28.3. The average Bonchev–Trinajstić information content (AvgIpc) is 1.94. The second kappa shape index (κ2) is 3.15. The number of hydrogen-bond acceptors (Lipinski definition) is 4. The van der Waals surface area contributed by atoms with E-state index in [0.717, 1.165) is 11.2 Å². The monoisotopic (exact) mass is 209 g/mol. The molecule has 1 heterocycles. The molecular weight excluding hydrogens is 198 g/mol. The van der Waals surface area contributed by atoms with E-state index in [1.165, 1.54) is 0 Å². The first-order valence-corrected chi connectivity index (χ1v) is 5.51. The van der Waals surface area contributed by atoms with Crippen LogP contribution in [0, 0.1) is 0 Å². The summed E-state index contributed by atoms with van der Waals surface area (Å²) in [7, 11) is -3.49. The van der Waals surface area contributed by atoms with Gasteiger partial charge in [-0.05, 0) is 6.92 Å². The lowest BCUT2D eigenvalue weighted by atomic mass is 10.0. The topological polar surface area (TPSA) is 83.9 Å². The quantitative estimate of drug-likeness (QED) is 0.632. The van der Waals surface area contributed by atoms with E-state index in [1.807, 2.05) is 0 Å². The number of amides is 1. The third-order valence-electron chi connectivity index (χ3n) is 1.95. The highest BCUT2D eigenvalue weighted by Crippen LogP contribution is 2.21. The van der Waals surface area contributed by atoms with Crippen LogP contribution in [-0.4, -0.2) is 49.5 Å². The molecule has 0 aliphatic carbocycles. The minimum absolute atomic E-state index is 0.115. The summed E-state index contributed by atoms with van der Waals surface area (Å²) >= 11 is 0. The Labute approximate surface area is 76.2 Å². The van der Waals surface area contributed by atoms with Crippen LogP contribution in [0.5, 0.6) is 0 Å². The molecule has 7 heteroatoms. The van der Waals surface area contributed by atoms with Crippen LogP contribution in [0.1, 0.15) is 6.92 Å². The van der Waals surface area contributed by atoms with E-state index < -0.39 is 28.4 Å². The van der Waals surface area contributed by atoms with Gasteiger partial charge in [0.1, 0.15) is 6.10 Å². The van der Waals surface area contributed by atoms with E-state index in [2.05, 4.69) is 4.18 Å². The van der Waals surface area contributed by atoms with Crippen LogP contribution in [-0.2, 0) is 14.3 Å². The van der Waals surface area contributed by atoms with E-state index in [-0.39, 0.29) is 6.54 Å². The van der Waals surface area contributed by atoms with Gasteiger partial charge in [-0.2, -0.15) is 8.42 Å². The van der Waals surface area contributed by atoms with Crippen LogP contribution in [0.3, 0.4) is 0 Å². The molecule has 1 fully saturated rings. The van der Waals surface area contributed by atoms with Crippen molar-refractivity contribution in [1.82, 2.24) is 4.90 Å². The second-order valence-electron chi connectivity index (χ2n) is 3.01. The van der Waals surface area contributed by atoms with Gasteiger partial charge in [-0.1, -0.05) is 0 Å². The van der Waals surface area contributed by atoms with Crippen LogP contribution in [0.4, 0.5) is 4.79 Å². The first-order chi connectivity index (χ1) is 5.81. The number of carboxylic acid groups (broad SMARTS) is 1. The van der Waals surface area contributed by atoms with Gasteiger partial charge in [0.25, 0.3) is 10.1 Å². The molecule has 76 valence electrons. The Morgan fingerprint density at radius 3 is 2.46 bits per heavy atom. The number of hydrogen-bond donors (Lipinski definition) is 1. The van der Waals surface area contributed by atoms with Crippen molar-refractivity contribution in [2.24, 2.45) is 0 Å². The van der Waals surface area contributed by atoms with Gasteiger partial charge >= 0.3 is 6.09 Å². The highest BCUT2D eigenvalue weighted by molar-refractivity contribution is 7.86. The average molecular weight is 209 g/mol. The molecule has 0 aromatic heterocycles. The van der Waals surface area contributed by atoms with Crippen LogP contribution >= 0.6 is 0 Å². The van der Waals surface area contributed by atoms with Crippen molar-refractivity contribution in [2.75, 3.05) is 12.8 Å². The molecule has 13 heavy (non-hydrogen) atoms. The zero-order valence-corrected chi connectivity index (χ0v) is 8.11. The van der Waals surface area contributed by atoms with Gasteiger partial charge in [-0.25, -0.2) is 4.79 Å². The molecule has 1 N–H and O–H groups in total. The Bertz CT molecular complexity index is 311. The molecule has 0 saturated carbocycles. The Hall–Kier alpha value is -0.820. The smallest absolute Gasteiger partial charge is 0.407 e. The molecule has 0 radical (unpaired) electrons. The van der Waals surface area contributed by atoms with Crippen molar-refractivity contribution in [1.29, 1.82) is 0 Å². The fourth-order valence-electron chi connectivity index (χ4n) is 1.16. The maximum absolute atomic E-state index is 10.7. The van der Waals surface area contributed by atoms with E-state index in [9.17, 15) is 13.2 Å². The molecule has 1 rings (SSSR count). The largest absolute Gasteiger partial charge is 0.465 e. The summed E-state index contributed by atoms with van der Waals surface area (Å²) in [6, 6.07) is -0.396. The Morgan fingerprint density at radius 1 is 1.62 bits per heavy atom. The molecule has 1 saturated heterocycles. The van der Waals surface area contributed by atoms with Gasteiger partial charge in [0.15, 0.2) is 0 Å². The van der Waals surface area contributed by atoms with Crippen LogP contribution in [0.25, 0.3) is 0 Å². The fraction of sp³-hybridized carbons (Fsp3) is 0.833. The lowest BCUT2D eigenvalue weighted by Crippen LogP contribution is -2.61. The maximum Gasteiger partial charge on any atom is 0.407 e. The minimum Gasteiger partial charge on any atom is -0.465 e. The van der Waals surface area contributed by atoms with Crippen molar-refractivity contribution >= 4 is 16.2 Å². The van der Waals surface area contributed by atoms with E-state index in [0.29, 0.717) is 0 Å². The highest BCUT2D eigenvalue weighted by atomic mass is 32.2. The van der Waals surface area contributed by atoms with Crippen molar-refractivity contribution in [3.8, 4) is 0 Å². The minimum atomic E-state index is -3.49. The molecule has 0 unspecified atom stereocenters. The number of rotatable bonds is 2. The summed E-state index contributed by atoms with van der Waals surface area (Å²) in [6.07, 6.45) is -0.643. The van der Waals surface area contributed by atoms with Gasteiger partial charge in [0, 0.05) is 0 Å². The number of likely N-dealkylation sites (tertiary alicyclic amines) is 1. The van der Waals surface area contributed by atoms with Crippen LogP contribution < -0.4 is 0 Å². The Kier molecular flexibility index (Phi) is 2.49. The first-order valence-electron chi connectivity index (χ1n) is 3.69. The predicted molar refractivity (Wildman–Crippen MR) is 43.9 cm³/mol. The molecular formula is C6H11NO5S. The number of nitrogens with zero attached hydrogens (tertiary/aromatic N) is 1. The van der Waals surface area contributed by atoms with E-state index in [1.54, 1.807) is 6.92 Å². The van der Waals surface area contributed by atoms with Gasteiger partial charge < -0.3 is 10.0 Å². The first kappa shape index (κ1) is 10.3. The maximum atomic E-state index is 10.7. The molecule has 2 atom stereocenters. The zero-order valence-electron chi connectivity index (χ0n) is 7.30. The summed E-state index contributed by atoms with van der Waals surface area (Å²) in [5, 5.41) is 8.54. The van der Waals surface area contributed by atoms with Gasteiger partial charge in [-0.15, -0.1) is 0 Å². The Morgan fingerprint density at radius 2 is 2.15 bits per heavy atom.